The van der Waals surface area contributed by atoms with Gasteiger partial charge in [-0.3, -0.25) is 0 Å². The molecule has 92 valence electrons. The molecule has 0 saturated heterocycles. The molecule has 0 rings (SSSR count). The molecule has 0 aromatic rings. The van der Waals surface area contributed by atoms with E-state index in [4.69, 9.17) is 15.6 Å². The molecular formula is C12H27NO2. The minimum absolute atomic E-state index is 0.203. The van der Waals surface area contributed by atoms with Crippen LogP contribution in [-0.2, 0) is 4.74 Å². The van der Waals surface area contributed by atoms with Crippen LogP contribution in [0.1, 0.15) is 51.9 Å². The van der Waals surface area contributed by atoms with Crippen molar-refractivity contribution in [3.8, 4) is 0 Å². The molecule has 3 heteroatoms. The van der Waals surface area contributed by atoms with Gasteiger partial charge in [0.25, 0.3) is 0 Å². The van der Waals surface area contributed by atoms with Crippen LogP contribution in [0.4, 0.5) is 0 Å². The summed E-state index contributed by atoms with van der Waals surface area (Å²) >= 11 is 0. The fourth-order valence-electron chi connectivity index (χ4n) is 1.38. The summed E-state index contributed by atoms with van der Waals surface area (Å²) in [7, 11) is 0. The lowest BCUT2D eigenvalue weighted by Crippen LogP contribution is -2.25. The molecule has 0 spiro atoms. The molecule has 15 heavy (non-hydrogen) atoms. The van der Waals surface area contributed by atoms with E-state index >= 15 is 0 Å². The van der Waals surface area contributed by atoms with Crippen molar-refractivity contribution in [3.63, 3.8) is 0 Å². The minimum atomic E-state index is 0.203. The molecule has 0 bridgehead atoms. The zero-order chi connectivity index (χ0) is 11.4. The number of hydrogen-bond acceptors (Lipinski definition) is 3. The van der Waals surface area contributed by atoms with Crippen LogP contribution in [0.2, 0.25) is 0 Å². The summed E-state index contributed by atoms with van der Waals surface area (Å²) in [6.07, 6.45) is 7.93. The molecule has 0 aromatic heterocycles. The Morgan fingerprint density at radius 3 is 2.27 bits per heavy atom. The first kappa shape index (κ1) is 14.9. The van der Waals surface area contributed by atoms with Gasteiger partial charge in [0, 0.05) is 19.3 Å². The first-order chi connectivity index (χ1) is 7.31. The van der Waals surface area contributed by atoms with Gasteiger partial charge in [0.2, 0.25) is 0 Å². The van der Waals surface area contributed by atoms with Crippen LogP contribution in [0.3, 0.4) is 0 Å². The van der Waals surface area contributed by atoms with Crippen LogP contribution in [0.5, 0.6) is 0 Å². The molecule has 0 heterocycles. The fraction of sp³-hybridized carbons (Fsp3) is 1.00. The van der Waals surface area contributed by atoms with Gasteiger partial charge in [-0.25, -0.2) is 0 Å². The van der Waals surface area contributed by atoms with Crippen LogP contribution < -0.4 is 5.73 Å². The van der Waals surface area contributed by atoms with Crippen molar-refractivity contribution >= 4 is 0 Å². The summed E-state index contributed by atoms with van der Waals surface area (Å²) in [5, 5.41) is 8.58. The molecule has 0 aromatic carbocycles. The van der Waals surface area contributed by atoms with E-state index in [9.17, 15) is 0 Å². The number of hydrogen-bond donors (Lipinski definition) is 2. The van der Waals surface area contributed by atoms with Crippen molar-refractivity contribution in [3.05, 3.63) is 0 Å². The van der Waals surface area contributed by atoms with Crippen LogP contribution in [0.15, 0.2) is 0 Å². The lowest BCUT2D eigenvalue weighted by Gasteiger charge is -2.09. The number of unbranched alkanes of at least 4 members (excludes halogenated alkanes) is 5. The lowest BCUT2D eigenvalue weighted by atomic mass is 10.1. The maximum absolute atomic E-state index is 8.58. The van der Waals surface area contributed by atoms with Gasteiger partial charge in [-0.2, -0.15) is 0 Å². The molecule has 0 radical (unpaired) electrons. The first-order valence-electron chi connectivity index (χ1n) is 6.25. The zero-order valence-corrected chi connectivity index (χ0v) is 10.1. The van der Waals surface area contributed by atoms with E-state index < -0.39 is 0 Å². The number of aliphatic hydroxyl groups excluding tert-OH is 1. The molecule has 1 atom stereocenters. The highest BCUT2D eigenvalue weighted by Gasteiger charge is 1.97. The second kappa shape index (κ2) is 12.0. The quantitative estimate of drug-likeness (QED) is 0.521. The maximum Gasteiger partial charge on any atom is 0.0617 e. The minimum Gasteiger partial charge on any atom is -0.396 e. The van der Waals surface area contributed by atoms with E-state index in [2.05, 4.69) is 6.92 Å². The topological polar surface area (TPSA) is 55.5 Å². The predicted molar refractivity (Wildman–Crippen MR) is 63.9 cm³/mol. The van der Waals surface area contributed by atoms with E-state index in [1.165, 1.54) is 19.3 Å². The number of ether oxygens (including phenoxy) is 1. The van der Waals surface area contributed by atoms with Crippen molar-refractivity contribution in [2.45, 2.75) is 57.9 Å². The summed E-state index contributed by atoms with van der Waals surface area (Å²) in [5.74, 6) is 0. The van der Waals surface area contributed by atoms with Crippen LogP contribution in [-0.4, -0.2) is 31.0 Å². The van der Waals surface area contributed by atoms with Gasteiger partial charge >= 0.3 is 0 Å². The van der Waals surface area contributed by atoms with Gasteiger partial charge in [0.1, 0.15) is 0 Å². The number of nitrogens with two attached hydrogens (primary N) is 1. The Kier molecular flexibility index (Phi) is 11.9. The Bertz CT molecular complexity index is 120. The van der Waals surface area contributed by atoms with Crippen molar-refractivity contribution < 1.29 is 9.84 Å². The summed E-state index contributed by atoms with van der Waals surface area (Å²) < 4.78 is 5.45. The standard InChI is InChI=1S/C12H27NO2/c1-2-12(13)11-15-10-8-6-4-3-5-7-9-14/h12,14H,2-11,13H2,1H3. The van der Waals surface area contributed by atoms with Crippen LogP contribution in [0, 0.1) is 0 Å². The fourth-order valence-corrected chi connectivity index (χ4v) is 1.38. The van der Waals surface area contributed by atoms with Crippen molar-refractivity contribution in [1.29, 1.82) is 0 Å². The molecular weight excluding hydrogens is 190 g/mol. The Balaban J connectivity index is 2.92. The molecule has 0 fully saturated rings. The summed E-state index contributed by atoms with van der Waals surface area (Å²) in [4.78, 5) is 0. The van der Waals surface area contributed by atoms with E-state index in [0.717, 1.165) is 32.3 Å². The monoisotopic (exact) mass is 217 g/mol. The largest absolute Gasteiger partial charge is 0.396 e. The van der Waals surface area contributed by atoms with Gasteiger partial charge < -0.3 is 15.6 Å². The van der Waals surface area contributed by atoms with Gasteiger partial charge in [0.15, 0.2) is 0 Å². The van der Waals surface area contributed by atoms with Crippen molar-refractivity contribution in [2.75, 3.05) is 19.8 Å². The Morgan fingerprint density at radius 2 is 1.67 bits per heavy atom. The summed E-state index contributed by atoms with van der Waals surface area (Å²) in [6, 6.07) is 0.203. The third-order valence-electron chi connectivity index (χ3n) is 2.55. The second-order valence-corrected chi connectivity index (χ2v) is 4.09. The van der Waals surface area contributed by atoms with Gasteiger partial charge in [-0.05, 0) is 19.3 Å². The van der Waals surface area contributed by atoms with Crippen molar-refractivity contribution in [1.82, 2.24) is 0 Å². The molecule has 0 amide bonds. The number of rotatable bonds is 11. The highest BCUT2D eigenvalue weighted by molar-refractivity contribution is 4.55. The van der Waals surface area contributed by atoms with E-state index in [-0.39, 0.29) is 6.04 Å². The predicted octanol–water partition coefficient (Wildman–Crippen LogP) is 2.07. The number of aliphatic hydroxyl groups is 1. The lowest BCUT2D eigenvalue weighted by molar-refractivity contribution is 0.116. The van der Waals surface area contributed by atoms with Crippen LogP contribution >= 0.6 is 0 Å². The molecule has 0 saturated carbocycles. The summed E-state index contributed by atoms with van der Waals surface area (Å²) in [6.45, 7) is 3.95. The zero-order valence-electron chi connectivity index (χ0n) is 10.1. The second-order valence-electron chi connectivity index (χ2n) is 4.09. The molecule has 0 aliphatic rings. The third kappa shape index (κ3) is 11.8. The highest BCUT2D eigenvalue weighted by Crippen LogP contribution is 2.05. The molecule has 3 nitrogen and oxygen atoms in total. The van der Waals surface area contributed by atoms with E-state index in [1.807, 2.05) is 0 Å². The Hall–Kier alpha value is -0.120. The van der Waals surface area contributed by atoms with Gasteiger partial charge in [-0.15, -0.1) is 0 Å². The van der Waals surface area contributed by atoms with Crippen LogP contribution in [0.25, 0.3) is 0 Å². The molecule has 1 unspecified atom stereocenters. The molecule has 3 N–H and O–H groups in total. The summed E-state index contributed by atoms with van der Waals surface area (Å²) in [5.41, 5.74) is 5.72. The average Bonchev–Trinajstić information content (AvgIpc) is 2.26. The molecule has 0 aliphatic heterocycles. The van der Waals surface area contributed by atoms with E-state index in [0.29, 0.717) is 13.2 Å². The average molecular weight is 217 g/mol. The molecule has 0 aliphatic carbocycles. The Morgan fingerprint density at radius 1 is 1.07 bits per heavy atom. The normalized spacial score (nSPS) is 13.0. The van der Waals surface area contributed by atoms with E-state index in [1.54, 1.807) is 0 Å². The maximum atomic E-state index is 8.58. The third-order valence-corrected chi connectivity index (χ3v) is 2.55. The Labute approximate surface area is 94.0 Å². The highest BCUT2D eigenvalue weighted by atomic mass is 16.5. The first-order valence-corrected chi connectivity index (χ1v) is 6.25. The van der Waals surface area contributed by atoms with Crippen molar-refractivity contribution in [2.24, 2.45) is 5.73 Å². The van der Waals surface area contributed by atoms with Gasteiger partial charge in [-0.1, -0.05) is 32.6 Å². The SMILES string of the molecule is CCC(N)COCCCCCCCCO. The smallest absolute Gasteiger partial charge is 0.0617 e. The van der Waals surface area contributed by atoms with Gasteiger partial charge in [0.05, 0.1) is 6.61 Å².